The minimum absolute atomic E-state index is 0.181. The average molecular weight is 363 g/mol. The molecule has 2 aromatic rings. The Bertz CT molecular complexity index is 803. The fourth-order valence-electron chi connectivity index (χ4n) is 2.45. The van der Waals surface area contributed by atoms with Crippen LogP contribution >= 0.6 is 0 Å². The van der Waals surface area contributed by atoms with Crippen molar-refractivity contribution in [1.82, 2.24) is 0 Å². The Morgan fingerprint density at radius 2 is 1.64 bits per heavy atom. The van der Waals surface area contributed by atoms with E-state index in [1.807, 2.05) is 18.2 Å². The molecular formula is C18H21NO5S. The van der Waals surface area contributed by atoms with Crippen molar-refractivity contribution in [3.8, 4) is 0 Å². The molecule has 0 saturated heterocycles. The summed E-state index contributed by atoms with van der Waals surface area (Å²) in [5.74, 6) is -0.555. The predicted molar refractivity (Wildman–Crippen MR) is 95.6 cm³/mol. The van der Waals surface area contributed by atoms with Gasteiger partial charge in [-0.1, -0.05) is 18.2 Å². The van der Waals surface area contributed by atoms with Gasteiger partial charge in [-0.15, -0.1) is 0 Å². The largest absolute Gasteiger partial charge is 0.464 e. The number of esters is 1. The lowest BCUT2D eigenvalue weighted by molar-refractivity contribution is -0.145. The maximum Gasteiger partial charge on any atom is 0.331 e. The first-order valence-electron chi connectivity index (χ1n) is 7.80. The van der Waals surface area contributed by atoms with E-state index in [-0.39, 0.29) is 11.5 Å². The second-order valence-electron chi connectivity index (χ2n) is 5.42. The van der Waals surface area contributed by atoms with Crippen molar-refractivity contribution in [2.75, 3.05) is 24.4 Å². The quantitative estimate of drug-likeness (QED) is 0.759. The Morgan fingerprint density at radius 3 is 2.12 bits per heavy atom. The first kappa shape index (κ1) is 19.0. The smallest absolute Gasteiger partial charge is 0.331 e. The summed E-state index contributed by atoms with van der Waals surface area (Å²) in [7, 11) is -3.32. The molecule has 0 unspecified atom stereocenters. The molecule has 2 aromatic carbocycles. The van der Waals surface area contributed by atoms with E-state index in [4.69, 9.17) is 4.74 Å². The topological polar surface area (TPSA) is 83.9 Å². The monoisotopic (exact) mass is 363 g/mol. The zero-order valence-corrected chi connectivity index (χ0v) is 14.9. The lowest BCUT2D eigenvalue weighted by atomic mass is 10.1. The molecule has 0 radical (unpaired) electrons. The van der Waals surface area contributed by atoms with Crippen LogP contribution in [0.2, 0.25) is 0 Å². The van der Waals surface area contributed by atoms with Crippen LogP contribution in [0, 0.1) is 0 Å². The zero-order valence-electron chi connectivity index (χ0n) is 14.1. The van der Waals surface area contributed by atoms with Crippen LogP contribution in [0.4, 0.5) is 11.4 Å². The van der Waals surface area contributed by atoms with Crippen LogP contribution in [0.1, 0.15) is 6.92 Å². The number of carbonyl (C=O) groups excluding carboxylic acids is 1. The fourth-order valence-corrected chi connectivity index (χ4v) is 3.08. The van der Waals surface area contributed by atoms with Gasteiger partial charge in [-0.25, -0.2) is 13.2 Å². The Labute approximate surface area is 147 Å². The molecule has 0 saturated carbocycles. The molecule has 1 atom stereocenters. The molecule has 0 aliphatic carbocycles. The predicted octanol–water partition coefficient (Wildman–Crippen LogP) is 2.15. The molecule has 6 nitrogen and oxygen atoms in total. The molecule has 0 heterocycles. The van der Waals surface area contributed by atoms with E-state index >= 15 is 0 Å². The third-order valence-electron chi connectivity index (χ3n) is 3.62. The second-order valence-corrected chi connectivity index (χ2v) is 7.44. The van der Waals surface area contributed by atoms with Gasteiger partial charge in [0.25, 0.3) is 0 Å². The van der Waals surface area contributed by atoms with Crippen LogP contribution < -0.4 is 4.90 Å². The highest BCUT2D eigenvalue weighted by Gasteiger charge is 2.28. The third kappa shape index (κ3) is 4.58. The van der Waals surface area contributed by atoms with E-state index in [2.05, 4.69) is 0 Å². The molecule has 0 aliphatic heterocycles. The van der Waals surface area contributed by atoms with Crippen molar-refractivity contribution in [2.45, 2.75) is 17.9 Å². The molecular weight excluding hydrogens is 342 g/mol. The van der Waals surface area contributed by atoms with Gasteiger partial charge < -0.3 is 14.7 Å². The number of para-hydroxylation sites is 1. The van der Waals surface area contributed by atoms with Gasteiger partial charge >= 0.3 is 5.97 Å². The van der Waals surface area contributed by atoms with Gasteiger partial charge in [0.2, 0.25) is 0 Å². The van der Waals surface area contributed by atoms with Crippen molar-refractivity contribution in [3.05, 3.63) is 54.6 Å². The lowest BCUT2D eigenvalue weighted by Gasteiger charge is -2.31. The molecule has 1 N–H and O–H groups in total. The molecule has 7 heteroatoms. The number of nitrogens with zero attached hydrogens (tertiary/aromatic N) is 1. The van der Waals surface area contributed by atoms with Crippen molar-refractivity contribution in [2.24, 2.45) is 0 Å². The van der Waals surface area contributed by atoms with Crippen molar-refractivity contribution in [3.63, 3.8) is 0 Å². The van der Waals surface area contributed by atoms with Crippen molar-refractivity contribution < 1.29 is 23.1 Å². The number of anilines is 2. The molecule has 0 bridgehead atoms. The van der Waals surface area contributed by atoms with Gasteiger partial charge in [-0.05, 0) is 43.3 Å². The summed E-state index contributed by atoms with van der Waals surface area (Å²) < 4.78 is 28.3. The minimum atomic E-state index is -3.32. The Balaban J connectivity index is 2.50. The van der Waals surface area contributed by atoms with Crippen molar-refractivity contribution in [1.29, 1.82) is 0 Å². The van der Waals surface area contributed by atoms with E-state index < -0.39 is 28.5 Å². The molecule has 0 fully saturated rings. The van der Waals surface area contributed by atoms with Gasteiger partial charge in [-0.3, -0.25) is 0 Å². The number of carbonyl (C=O) groups is 1. The summed E-state index contributed by atoms with van der Waals surface area (Å²) in [6.07, 6.45) is 1.13. The Morgan fingerprint density at radius 1 is 1.08 bits per heavy atom. The van der Waals surface area contributed by atoms with Gasteiger partial charge in [0.05, 0.1) is 18.1 Å². The normalized spacial score (nSPS) is 12.4. The molecule has 25 heavy (non-hydrogen) atoms. The van der Waals surface area contributed by atoms with Gasteiger partial charge in [0, 0.05) is 17.6 Å². The maximum atomic E-state index is 12.3. The lowest BCUT2D eigenvalue weighted by Crippen LogP contribution is -2.42. The van der Waals surface area contributed by atoms with Crippen LogP contribution in [0.15, 0.2) is 59.5 Å². The Kier molecular flexibility index (Phi) is 6.17. The van der Waals surface area contributed by atoms with E-state index in [1.54, 1.807) is 36.1 Å². The van der Waals surface area contributed by atoms with Crippen LogP contribution in [-0.2, 0) is 19.4 Å². The maximum absolute atomic E-state index is 12.3. The molecule has 134 valence electrons. The molecule has 0 amide bonds. The van der Waals surface area contributed by atoms with E-state index in [0.29, 0.717) is 11.4 Å². The van der Waals surface area contributed by atoms with E-state index in [9.17, 15) is 18.3 Å². The summed E-state index contributed by atoms with van der Waals surface area (Å²) >= 11 is 0. The highest BCUT2D eigenvalue weighted by molar-refractivity contribution is 7.90. The van der Waals surface area contributed by atoms with E-state index in [1.165, 1.54) is 12.1 Å². The molecule has 0 aromatic heterocycles. The number of hydrogen-bond acceptors (Lipinski definition) is 6. The first-order valence-corrected chi connectivity index (χ1v) is 9.69. The number of ether oxygens (including phenoxy) is 1. The van der Waals surface area contributed by atoms with Crippen LogP contribution in [0.3, 0.4) is 0 Å². The standard InChI is InChI=1S/C18H21NO5S/c1-3-24-18(21)17(13-20)19(14-7-5-4-6-8-14)15-9-11-16(12-10-15)25(2,22)23/h4-12,17,20H,3,13H2,1-2H3/t17-/m0/s1. The number of hydrogen-bond donors (Lipinski definition) is 1. The molecule has 0 spiro atoms. The fraction of sp³-hybridized carbons (Fsp3) is 0.278. The summed E-state index contributed by atoms with van der Waals surface area (Å²) in [6, 6.07) is 14.3. The number of rotatable bonds is 7. The minimum Gasteiger partial charge on any atom is -0.464 e. The summed E-state index contributed by atoms with van der Waals surface area (Å²) in [4.78, 5) is 14.1. The van der Waals surface area contributed by atoms with Crippen molar-refractivity contribution >= 4 is 27.2 Å². The van der Waals surface area contributed by atoms with Crippen LogP contribution in [0.5, 0.6) is 0 Å². The van der Waals surface area contributed by atoms with Gasteiger partial charge in [0.15, 0.2) is 15.9 Å². The van der Waals surface area contributed by atoms with E-state index in [0.717, 1.165) is 6.26 Å². The number of aliphatic hydroxyl groups is 1. The second kappa shape index (κ2) is 8.13. The summed E-state index contributed by atoms with van der Waals surface area (Å²) in [6.45, 7) is 1.45. The highest BCUT2D eigenvalue weighted by Crippen LogP contribution is 2.29. The SMILES string of the molecule is CCOC(=O)[C@H](CO)N(c1ccccc1)c1ccc(S(C)(=O)=O)cc1. The van der Waals surface area contributed by atoms with Crippen LogP contribution in [0.25, 0.3) is 0 Å². The van der Waals surface area contributed by atoms with Gasteiger partial charge in [-0.2, -0.15) is 0 Å². The summed E-state index contributed by atoms with van der Waals surface area (Å²) in [5.41, 5.74) is 1.26. The Hall–Kier alpha value is -2.38. The molecule has 0 aliphatic rings. The summed E-state index contributed by atoms with van der Waals surface area (Å²) in [5, 5.41) is 9.76. The van der Waals surface area contributed by atoms with Crippen LogP contribution in [-0.4, -0.2) is 45.0 Å². The highest BCUT2D eigenvalue weighted by atomic mass is 32.2. The molecule has 2 rings (SSSR count). The number of sulfone groups is 1. The number of aliphatic hydroxyl groups excluding tert-OH is 1. The number of benzene rings is 2. The third-order valence-corrected chi connectivity index (χ3v) is 4.75. The first-order chi connectivity index (χ1) is 11.9. The van der Waals surface area contributed by atoms with Gasteiger partial charge in [0.1, 0.15) is 0 Å². The zero-order chi connectivity index (χ0) is 18.4. The average Bonchev–Trinajstić information content (AvgIpc) is 2.60.